The number of nitrogens with zero attached hydrogens (tertiary/aromatic N) is 1. The molecule has 3 heterocycles. The van der Waals surface area contributed by atoms with Crippen LogP contribution < -0.4 is 25.8 Å². The first-order valence-corrected chi connectivity index (χ1v) is 12.7. The molecule has 10 nitrogen and oxygen atoms in total. The molecule has 0 radical (unpaired) electrons. The molecule has 3 aliphatic rings. The van der Waals surface area contributed by atoms with Gasteiger partial charge in [-0.05, 0) is 49.9 Å². The summed E-state index contributed by atoms with van der Waals surface area (Å²) in [6, 6.07) is 8.75. The lowest BCUT2D eigenvalue weighted by atomic mass is 9.75. The molecule has 5 rings (SSSR count). The third-order valence-corrected chi connectivity index (χ3v) is 8.03. The van der Waals surface area contributed by atoms with Gasteiger partial charge in [-0.3, -0.25) is 29.4 Å². The highest BCUT2D eigenvalue weighted by Gasteiger charge is 2.70. The summed E-state index contributed by atoms with van der Waals surface area (Å²) < 4.78 is 10.7. The van der Waals surface area contributed by atoms with Crippen LogP contribution in [0.25, 0.3) is 0 Å². The third kappa shape index (κ3) is 3.82. The number of anilines is 1. The zero-order chi connectivity index (χ0) is 27.4. The van der Waals surface area contributed by atoms with Gasteiger partial charge in [0.05, 0.1) is 26.1 Å². The van der Waals surface area contributed by atoms with Gasteiger partial charge < -0.3 is 20.5 Å². The highest BCUT2D eigenvalue weighted by Crippen LogP contribution is 2.54. The van der Waals surface area contributed by atoms with E-state index in [0.717, 1.165) is 16.7 Å². The van der Waals surface area contributed by atoms with Gasteiger partial charge in [0.2, 0.25) is 23.6 Å². The fraction of sp³-hybridized carbons (Fsp3) is 0.429. The molecule has 0 bridgehead atoms. The van der Waals surface area contributed by atoms with Crippen molar-refractivity contribution in [1.82, 2.24) is 10.2 Å². The molecule has 10 heteroatoms. The zero-order valence-corrected chi connectivity index (χ0v) is 21.9. The van der Waals surface area contributed by atoms with E-state index in [2.05, 4.69) is 10.6 Å². The van der Waals surface area contributed by atoms with Crippen LogP contribution in [-0.4, -0.2) is 55.3 Å². The Labute approximate surface area is 220 Å². The topological polar surface area (TPSA) is 140 Å². The Bertz CT molecular complexity index is 1360. The molecule has 2 saturated heterocycles. The quantitative estimate of drug-likeness (QED) is 0.449. The van der Waals surface area contributed by atoms with Gasteiger partial charge in [0.15, 0.2) is 11.5 Å². The average molecular weight is 521 g/mol. The predicted molar refractivity (Wildman–Crippen MR) is 139 cm³/mol. The Morgan fingerprint density at radius 3 is 2.47 bits per heavy atom. The van der Waals surface area contributed by atoms with Crippen molar-refractivity contribution in [3.63, 3.8) is 0 Å². The number of carbonyl (C=O) groups excluding carboxylic acids is 4. The van der Waals surface area contributed by atoms with Gasteiger partial charge >= 0.3 is 0 Å². The number of imide groups is 1. The van der Waals surface area contributed by atoms with E-state index in [0.29, 0.717) is 29.2 Å². The first-order valence-electron chi connectivity index (χ1n) is 12.7. The van der Waals surface area contributed by atoms with Gasteiger partial charge in [0.1, 0.15) is 5.54 Å². The first kappa shape index (κ1) is 25.7. The van der Waals surface area contributed by atoms with Crippen molar-refractivity contribution in [2.24, 2.45) is 17.6 Å². The largest absolute Gasteiger partial charge is 0.493 e. The summed E-state index contributed by atoms with van der Waals surface area (Å²) in [6.07, 6.45) is 0.685. The van der Waals surface area contributed by atoms with Crippen LogP contribution in [0.3, 0.4) is 0 Å². The van der Waals surface area contributed by atoms with Crippen LogP contribution in [0, 0.1) is 25.7 Å². The van der Waals surface area contributed by atoms with E-state index in [1.807, 2.05) is 38.1 Å². The standard InChI is InChI=1S/C28H32N4O6/c1-14-11-15(2)24-17(12-14)28(27(36)30-24)23-22(18(31-28)6-8-21(29)33)25(34)32(26(23)35)10-9-16-5-7-19(37-3)20(13-16)38-4/h5,7,11-13,18,22-23,31H,6,8-10H2,1-4H3,(H2,29,33)(H,30,36)/t18-,22+,23-,28-/m0/s1. The maximum Gasteiger partial charge on any atom is 0.250 e. The van der Waals surface area contributed by atoms with E-state index in [9.17, 15) is 19.2 Å². The number of nitrogens with one attached hydrogen (secondary N) is 2. The molecule has 0 unspecified atom stereocenters. The Hall–Kier alpha value is -3.92. The monoisotopic (exact) mass is 520 g/mol. The zero-order valence-electron chi connectivity index (χ0n) is 21.9. The molecule has 3 aliphatic heterocycles. The predicted octanol–water partition coefficient (Wildman–Crippen LogP) is 1.55. The minimum absolute atomic E-state index is 0.0331. The van der Waals surface area contributed by atoms with Crippen LogP contribution in [0.4, 0.5) is 5.69 Å². The molecule has 0 saturated carbocycles. The number of amides is 4. The average Bonchev–Trinajstić information content (AvgIpc) is 3.46. The number of hydrogen-bond acceptors (Lipinski definition) is 7. The minimum Gasteiger partial charge on any atom is -0.493 e. The second-order valence-electron chi connectivity index (χ2n) is 10.3. The Kier molecular flexibility index (Phi) is 6.38. The van der Waals surface area contributed by atoms with Crippen LogP contribution in [0.2, 0.25) is 0 Å². The number of fused-ring (bicyclic) bond motifs is 4. The molecule has 0 aromatic heterocycles. The van der Waals surface area contributed by atoms with E-state index in [1.54, 1.807) is 20.3 Å². The highest BCUT2D eigenvalue weighted by atomic mass is 16.5. The maximum absolute atomic E-state index is 14.0. The first-order chi connectivity index (χ1) is 18.1. The summed E-state index contributed by atoms with van der Waals surface area (Å²) in [5, 5.41) is 6.30. The fourth-order valence-corrected chi connectivity index (χ4v) is 6.36. The minimum atomic E-state index is -1.40. The van der Waals surface area contributed by atoms with Crippen LogP contribution in [-0.2, 0) is 31.1 Å². The van der Waals surface area contributed by atoms with Crippen LogP contribution in [0.15, 0.2) is 30.3 Å². The molecular formula is C28H32N4O6. The SMILES string of the molecule is COc1ccc(CCN2C(=O)[C@@H]3[C@H](CCC(N)=O)N[C@]4(C(=O)Nc5c(C)cc(C)cc54)[C@@H]3C2=O)cc1OC. The van der Waals surface area contributed by atoms with E-state index in [-0.39, 0.29) is 31.2 Å². The number of methoxy groups -OCH3 is 2. The van der Waals surface area contributed by atoms with Gasteiger partial charge in [-0.25, -0.2) is 0 Å². The Morgan fingerprint density at radius 1 is 1.05 bits per heavy atom. The second-order valence-corrected chi connectivity index (χ2v) is 10.3. The van der Waals surface area contributed by atoms with Gasteiger partial charge in [-0.15, -0.1) is 0 Å². The molecule has 1 spiro atoms. The number of nitrogens with two attached hydrogens (primary N) is 1. The molecule has 2 fully saturated rings. The summed E-state index contributed by atoms with van der Waals surface area (Å²) in [6.45, 7) is 3.98. The normalized spacial score (nSPS) is 25.5. The fourth-order valence-electron chi connectivity index (χ4n) is 6.36. The Morgan fingerprint density at radius 2 is 1.79 bits per heavy atom. The van der Waals surface area contributed by atoms with Gasteiger partial charge in [0.25, 0.3) is 0 Å². The van der Waals surface area contributed by atoms with Gasteiger partial charge in [-0.2, -0.15) is 0 Å². The van der Waals surface area contributed by atoms with Crippen molar-refractivity contribution in [3.8, 4) is 11.5 Å². The molecular weight excluding hydrogens is 488 g/mol. The molecule has 0 aliphatic carbocycles. The van der Waals surface area contributed by atoms with Gasteiger partial charge in [-0.1, -0.05) is 23.8 Å². The molecule has 4 atom stereocenters. The summed E-state index contributed by atoms with van der Waals surface area (Å²) >= 11 is 0. The third-order valence-electron chi connectivity index (χ3n) is 8.03. The van der Waals surface area contributed by atoms with Gasteiger partial charge in [0, 0.05) is 30.3 Å². The van der Waals surface area contributed by atoms with E-state index in [4.69, 9.17) is 15.2 Å². The summed E-state index contributed by atoms with van der Waals surface area (Å²) in [5.41, 5.74) is 8.03. The number of likely N-dealkylation sites (tertiary alicyclic amines) is 1. The maximum atomic E-state index is 14.0. The van der Waals surface area contributed by atoms with E-state index >= 15 is 0 Å². The number of carbonyl (C=O) groups is 4. The van der Waals surface area contributed by atoms with Crippen LogP contribution in [0.1, 0.15) is 35.1 Å². The summed E-state index contributed by atoms with van der Waals surface area (Å²) in [5.74, 6) is -2.18. The van der Waals surface area contributed by atoms with E-state index in [1.165, 1.54) is 4.90 Å². The highest BCUT2D eigenvalue weighted by molar-refractivity contribution is 6.15. The summed E-state index contributed by atoms with van der Waals surface area (Å²) in [4.78, 5) is 54.2. The van der Waals surface area contributed by atoms with Crippen molar-refractivity contribution < 1.29 is 28.7 Å². The lowest BCUT2D eigenvalue weighted by Gasteiger charge is -2.30. The number of rotatable bonds is 8. The smallest absolute Gasteiger partial charge is 0.250 e. The Balaban J connectivity index is 1.50. The van der Waals surface area contributed by atoms with E-state index < -0.39 is 35.2 Å². The number of benzene rings is 2. The number of hydrogen-bond donors (Lipinski definition) is 3. The van der Waals surface area contributed by atoms with Crippen LogP contribution in [0.5, 0.6) is 11.5 Å². The molecule has 200 valence electrons. The number of ether oxygens (including phenoxy) is 2. The van der Waals surface area contributed by atoms with Crippen molar-refractivity contribution in [2.45, 2.75) is 44.7 Å². The van der Waals surface area contributed by atoms with Crippen molar-refractivity contribution >= 4 is 29.3 Å². The second kappa shape index (κ2) is 9.43. The molecule has 4 N–H and O–H groups in total. The summed E-state index contributed by atoms with van der Waals surface area (Å²) in [7, 11) is 3.10. The number of primary amides is 1. The van der Waals surface area contributed by atoms with Crippen molar-refractivity contribution in [1.29, 1.82) is 0 Å². The van der Waals surface area contributed by atoms with Crippen LogP contribution >= 0.6 is 0 Å². The van der Waals surface area contributed by atoms with Crippen molar-refractivity contribution in [2.75, 3.05) is 26.1 Å². The molecule has 2 aromatic rings. The van der Waals surface area contributed by atoms with Crippen molar-refractivity contribution in [3.05, 3.63) is 52.6 Å². The molecule has 38 heavy (non-hydrogen) atoms. The lowest BCUT2D eigenvalue weighted by Crippen LogP contribution is -2.53. The number of aryl methyl sites for hydroxylation is 2. The lowest BCUT2D eigenvalue weighted by molar-refractivity contribution is -0.142. The molecule has 2 aromatic carbocycles. The molecule has 4 amide bonds.